The van der Waals surface area contributed by atoms with Gasteiger partial charge in [0.25, 0.3) is 0 Å². The molecule has 3 aromatic carbocycles. The fraction of sp³-hybridized carbons (Fsp3) is 0.214. The standard InChI is InChI=1S/C28H25NO5/c1-32-27(30)19-33-21-15-13-20(14-16-21)8-6-7-17-29-28(31)34-18-26-24-11-4-2-9-22(24)23-10-3-5-12-25(23)26/h2-5,9-16,26H,7,17-19H2,1H3,(H,29,31). The highest BCUT2D eigenvalue weighted by Gasteiger charge is 2.28. The van der Waals surface area contributed by atoms with Crippen molar-refractivity contribution < 1.29 is 23.8 Å². The highest BCUT2D eigenvalue weighted by molar-refractivity contribution is 5.79. The van der Waals surface area contributed by atoms with Gasteiger partial charge < -0.3 is 19.5 Å². The molecule has 3 aromatic rings. The molecule has 1 amide bonds. The fourth-order valence-electron chi connectivity index (χ4n) is 3.88. The Morgan fingerprint density at radius 2 is 1.56 bits per heavy atom. The second-order valence-electron chi connectivity index (χ2n) is 7.69. The molecule has 6 heteroatoms. The number of benzene rings is 3. The van der Waals surface area contributed by atoms with Gasteiger partial charge in [-0.25, -0.2) is 9.59 Å². The van der Waals surface area contributed by atoms with E-state index >= 15 is 0 Å². The summed E-state index contributed by atoms with van der Waals surface area (Å²) in [6.45, 7) is 0.545. The number of hydrogen-bond donors (Lipinski definition) is 1. The number of carbonyl (C=O) groups is 2. The van der Waals surface area contributed by atoms with Gasteiger partial charge in [-0.3, -0.25) is 0 Å². The van der Waals surface area contributed by atoms with Crippen molar-refractivity contribution >= 4 is 12.1 Å². The Balaban J connectivity index is 1.21. The lowest BCUT2D eigenvalue weighted by Crippen LogP contribution is -2.26. The molecule has 0 bridgehead atoms. The monoisotopic (exact) mass is 455 g/mol. The minimum absolute atomic E-state index is 0.0394. The number of amides is 1. The van der Waals surface area contributed by atoms with E-state index in [9.17, 15) is 9.59 Å². The molecule has 0 radical (unpaired) electrons. The predicted molar refractivity (Wildman–Crippen MR) is 129 cm³/mol. The summed E-state index contributed by atoms with van der Waals surface area (Å²) in [7, 11) is 1.31. The van der Waals surface area contributed by atoms with Gasteiger partial charge in [-0.15, -0.1) is 0 Å². The smallest absolute Gasteiger partial charge is 0.407 e. The summed E-state index contributed by atoms with van der Waals surface area (Å²) in [5, 5.41) is 2.76. The number of carbonyl (C=O) groups excluding carboxylic acids is 2. The van der Waals surface area contributed by atoms with E-state index in [1.165, 1.54) is 29.4 Å². The molecule has 0 fully saturated rings. The molecule has 0 spiro atoms. The van der Waals surface area contributed by atoms with Crippen LogP contribution in [0.4, 0.5) is 4.79 Å². The van der Waals surface area contributed by atoms with E-state index in [2.05, 4.69) is 46.2 Å². The van der Waals surface area contributed by atoms with Crippen molar-refractivity contribution in [2.24, 2.45) is 0 Å². The number of methoxy groups -OCH3 is 1. The van der Waals surface area contributed by atoms with Gasteiger partial charge in [-0.2, -0.15) is 0 Å². The molecule has 0 saturated heterocycles. The van der Waals surface area contributed by atoms with Crippen LogP contribution in [0.2, 0.25) is 0 Å². The van der Waals surface area contributed by atoms with Crippen LogP contribution in [-0.4, -0.2) is 38.9 Å². The van der Waals surface area contributed by atoms with Gasteiger partial charge in [0.2, 0.25) is 0 Å². The Kier molecular flexibility index (Phi) is 7.46. The van der Waals surface area contributed by atoms with Crippen LogP contribution >= 0.6 is 0 Å². The van der Waals surface area contributed by atoms with Crippen LogP contribution in [0.5, 0.6) is 5.75 Å². The van der Waals surface area contributed by atoms with Crippen molar-refractivity contribution in [2.45, 2.75) is 12.3 Å². The van der Waals surface area contributed by atoms with Crippen molar-refractivity contribution in [3.8, 4) is 28.7 Å². The van der Waals surface area contributed by atoms with Gasteiger partial charge in [0.05, 0.1) is 7.11 Å². The van der Waals surface area contributed by atoms with Crippen molar-refractivity contribution in [3.05, 3.63) is 89.5 Å². The van der Waals surface area contributed by atoms with Crippen LogP contribution in [0.15, 0.2) is 72.8 Å². The number of hydrogen-bond acceptors (Lipinski definition) is 5. The van der Waals surface area contributed by atoms with Gasteiger partial charge in [0, 0.05) is 24.4 Å². The molecule has 1 aliphatic carbocycles. The molecule has 4 rings (SSSR count). The third kappa shape index (κ3) is 5.57. The zero-order valence-electron chi connectivity index (χ0n) is 18.9. The second kappa shape index (κ2) is 11.1. The summed E-state index contributed by atoms with van der Waals surface area (Å²) >= 11 is 0. The first kappa shape index (κ1) is 22.9. The van der Waals surface area contributed by atoms with Crippen molar-refractivity contribution in [3.63, 3.8) is 0 Å². The molecule has 0 aromatic heterocycles. The van der Waals surface area contributed by atoms with Crippen LogP contribution in [0, 0.1) is 11.8 Å². The van der Waals surface area contributed by atoms with Gasteiger partial charge in [-0.05, 0) is 46.5 Å². The highest BCUT2D eigenvalue weighted by Crippen LogP contribution is 2.44. The third-order valence-electron chi connectivity index (χ3n) is 5.53. The molecule has 0 atom stereocenters. The summed E-state index contributed by atoms with van der Waals surface area (Å²) in [6, 6.07) is 23.6. The Hall–Kier alpha value is -4.24. The van der Waals surface area contributed by atoms with Crippen molar-refractivity contribution in [1.82, 2.24) is 5.32 Å². The average molecular weight is 456 g/mol. The number of fused-ring (bicyclic) bond motifs is 3. The maximum absolute atomic E-state index is 12.2. The maximum Gasteiger partial charge on any atom is 0.407 e. The molecule has 1 N–H and O–H groups in total. The SMILES string of the molecule is COC(=O)COc1ccc(C#CCCNC(=O)OCC2c3ccccc3-c3ccccc32)cc1. The Morgan fingerprint density at radius 3 is 2.21 bits per heavy atom. The molecule has 34 heavy (non-hydrogen) atoms. The normalized spacial score (nSPS) is 11.4. The largest absolute Gasteiger partial charge is 0.482 e. The first-order chi connectivity index (χ1) is 16.7. The number of rotatable bonds is 7. The summed E-state index contributed by atoms with van der Waals surface area (Å²) < 4.78 is 15.4. The molecule has 0 heterocycles. The highest BCUT2D eigenvalue weighted by atomic mass is 16.6. The summed E-state index contributed by atoms with van der Waals surface area (Å²) in [6.07, 6.45) is 0.0425. The molecular weight excluding hydrogens is 430 g/mol. The van der Waals surface area contributed by atoms with Gasteiger partial charge >= 0.3 is 12.1 Å². The molecule has 1 aliphatic rings. The van der Waals surface area contributed by atoms with Crippen molar-refractivity contribution in [2.75, 3.05) is 26.9 Å². The van der Waals surface area contributed by atoms with E-state index in [1.807, 2.05) is 24.3 Å². The van der Waals surface area contributed by atoms with Gasteiger partial charge in [0.1, 0.15) is 12.4 Å². The number of alkyl carbamates (subject to hydrolysis) is 1. The molecule has 0 unspecified atom stereocenters. The van der Waals surface area contributed by atoms with E-state index in [-0.39, 0.29) is 19.1 Å². The molecule has 0 aliphatic heterocycles. The number of esters is 1. The first-order valence-corrected chi connectivity index (χ1v) is 11.0. The van der Waals surface area contributed by atoms with Crippen LogP contribution in [0.3, 0.4) is 0 Å². The number of ether oxygens (including phenoxy) is 3. The first-order valence-electron chi connectivity index (χ1n) is 11.0. The van der Waals surface area contributed by atoms with Crippen LogP contribution in [0.1, 0.15) is 29.0 Å². The quantitative estimate of drug-likeness (QED) is 0.322. The molecule has 6 nitrogen and oxygen atoms in total. The average Bonchev–Trinajstić information content (AvgIpc) is 3.20. The zero-order chi connectivity index (χ0) is 23.8. The predicted octanol–water partition coefficient (Wildman–Crippen LogP) is 4.52. The Morgan fingerprint density at radius 1 is 0.912 bits per heavy atom. The Bertz CT molecular complexity index is 1180. The summed E-state index contributed by atoms with van der Waals surface area (Å²) in [4.78, 5) is 23.3. The number of nitrogens with one attached hydrogen (secondary N) is 1. The fourth-order valence-corrected chi connectivity index (χ4v) is 3.88. The lowest BCUT2D eigenvalue weighted by Gasteiger charge is -2.14. The minimum Gasteiger partial charge on any atom is -0.482 e. The zero-order valence-corrected chi connectivity index (χ0v) is 18.9. The van der Waals surface area contributed by atoms with Crippen LogP contribution in [-0.2, 0) is 14.3 Å². The second-order valence-corrected chi connectivity index (χ2v) is 7.69. The summed E-state index contributed by atoms with van der Waals surface area (Å²) in [5.74, 6) is 6.22. The molecular formula is C28H25NO5. The van der Waals surface area contributed by atoms with Gasteiger partial charge in [0.15, 0.2) is 6.61 Å². The maximum atomic E-state index is 12.2. The minimum atomic E-state index is -0.448. The van der Waals surface area contributed by atoms with E-state index in [4.69, 9.17) is 9.47 Å². The van der Waals surface area contributed by atoms with E-state index in [0.717, 1.165) is 5.56 Å². The van der Waals surface area contributed by atoms with Gasteiger partial charge in [-0.1, -0.05) is 60.4 Å². The topological polar surface area (TPSA) is 73.9 Å². The van der Waals surface area contributed by atoms with E-state index < -0.39 is 12.1 Å². The summed E-state index contributed by atoms with van der Waals surface area (Å²) in [5.41, 5.74) is 5.58. The van der Waals surface area contributed by atoms with Crippen molar-refractivity contribution in [1.29, 1.82) is 0 Å². The molecule has 0 saturated carbocycles. The molecule has 172 valence electrons. The Labute approximate surface area is 198 Å². The van der Waals surface area contributed by atoms with E-state index in [1.54, 1.807) is 24.3 Å². The van der Waals surface area contributed by atoms with E-state index in [0.29, 0.717) is 18.7 Å². The lowest BCUT2D eigenvalue weighted by molar-refractivity contribution is -0.142. The third-order valence-corrected chi connectivity index (χ3v) is 5.53. The van der Waals surface area contributed by atoms with Crippen LogP contribution in [0.25, 0.3) is 11.1 Å². The van der Waals surface area contributed by atoms with Crippen LogP contribution < -0.4 is 10.1 Å². The lowest BCUT2D eigenvalue weighted by atomic mass is 9.98.